The lowest BCUT2D eigenvalue weighted by Gasteiger charge is -2.30. The zero-order chi connectivity index (χ0) is 13.9. The third kappa shape index (κ3) is 4.23. The molecule has 0 aliphatic carbocycles. The number of halogens is 1. The fourth-order valence-corrected chi connectivity index (χ4v) is 2.51. The number of likely N-dealkylation sites (N-methyl/N-ethyl adjacent to an activating group) is 1. The lowest BCUT2D eigenvalue weighted by atomic mass is 10.1. The molecule has 1 aromatic carbocycles. The van der Waals surface area contributed by atoms with Gasteiger partial charge in [0.15, 0.2) is 0 Å². The van der Waals surface area contributed by atoms with E-state index in [0.29, 0.717) is 11.5 Å². The van der Waals surface area contributed by atoms with Crippen molar-refractivity contribution in [1.82, 2.24) is 0 Å². The van der Waals surface area contributed by atoms with Crippen molar-refractivity contribution in [2.24, 2.45) is 5.73 Å². The first-order valence-corrected chi connectivity index (χ1v) is 7.01. The van der Waals surface area contributed by atoms with Gasteiger partial charge < -0.3 is 15.7 Å². The van der Waals surface area contributed by atoms with E-state index in [1.54, 1.807) is 13.8 Å². The van der Waals surface area contributed by atoms with Crippen LogP contribution in [0.15, 0.2) is 22.7 Å². The van der Waals surface area contributed by atoms with Gasteiger partial charge in [-0.15, -0.1) is 0 Å². The number of hydrogen-bond donors (Lipinski definition) is 2. The van der Waals surface area contributed by atoms with Crippen molar-refractivity contribution < 1.29 is 5.11 Å². The Morgan fingerprint density at radius 1 is 1.50 bits per heavy atom. The average Bonchev–Trinajstić information content (AvgIpc) is 2.24. The monoisotopic (exact) mass is 330 g/mol. The molecule has 0 heterocycles. The van der Waals surface area contributed by atoms with Gasteiger partial charge in [0.05, 0.1) is 11.3 Å². The molecule has 18 heavy (non-hydrogen) atoms. The number of anilines is 1. The zero-order valence-electron chi connectivity index (χ0n) is 10.9. The highest BCUT2D eigenvalue weighted by atomic mass is 79.9. The molecule has 100 valence electrons. The van der Waals surface area contributed by atoms with Gasteiger partial charge in [-0.2, -0.15) is 0 Å². The second-order valence-corrected chi connectivity index (χ2v) is 6.15. The number of hydrogen-bond acceptors (Lipinski definition) is 3. The molecule has 0 spiro atoms. The number of nitrogens with zero attached hydrogens (tertiary/aromatic N) is 1. The molecular weight excluding hydrogens is 312 g/mol. The summed E-state index contributed by atoms with van der Waals surface area (Å²) >= 11 is 8.48. The van der Waals surface area contributed by atoms with Crippen molar-refractivity contribution in [1.29, 1.82) is 0 Å². The third-order valence-electron chi connectivity index (χ3n) is 2.53. The topological polar surface area (TPSA) is 49.5 Å². The van der Waals surface area contributed by atoms with Gasteiger partial charge >= 0.3 is 0 Å². The van der Waals surface area contributed by atoms with Crippen LogP contribution in [0.3, 0.4) is 0 Å². The van der Waals surface area contributed by atoms with Gasteiger partial charge in [-0.05, 0) is 54.9 Å². The van der Waals surface area contributed by atoms with Crippen LogP contribution in [0.4, 0.5) is 5.69 Å². The highest BCUT2D eigenvalue weighted by molar-refractivity contribution is 9.10. The van der Waals surface area contributed by atoms with Crippen molar-refractivity contribution in [3.05, 3.63) is 28.2 Å². The van der Waals surface area contributed by atoms with Gasteiger partial charge in [0.2, 0.25) is 0 Å². The number of nitrogens with two attached hydrogens (primary N) is 1. The molecule has 3 nitrogen and oxygen atoms in total. The molecule has 1 rings (SSSR count). The number of rotatable bonds is 5. The van der Waals surface area contributed by atoms with E-state index in [9.17, 15) is 5.11 Å². The molecule has 0 amide bonds. The minimum Gasteiger partial charge on any atom is -0.389 e. The Morgan fingerprint density at radius 3 is 2.50 bits per heavy atom. The minimum absolute atomic E-state index is 0.382. The molecule has 0 aromatic heterocycles. The highest BCUT2D eigenvalue weighted by Gasteiger charge is 2.19. The van der Waals surface area contributed by atoms with Crippen LogP contribution in [-0.4, -0.2) is 28.8 Å². The second-order valence-electron chi connectivity index (χ2n) is 4.86. The van der Waals surface area contributed by atoms with Crippen molar-refractivity contribution in [2.45, 2.75) is 26.4 Å². The van der Waals surface area contributed by atoms with E-state index < -0.39 is 5.60 Å². The Kier molecular flexibility index (Phi) is 5.13. The first kappa shape index (κ1) is 15.4. The molecule has 0 fully saturated rings. The highest BCUT2D eigenvalue weighted by Crippen LogP contribution is 2.28. The molecule has 0 atom stereocenters. The number of aliphatic hydroxyl groups is 1. The van der Waals surface area contributed by atoms with Crippen LogP contribution in [0.5, 0.6) is 0 Å². The van der Waals surface area contributed by atoms with E-state index in [1.807, 2.05) is 18.2 Å². The molecule has 0 bridgehead atoms. The quantitative estimate of drug-likeness (QED) is 0.815. The van der Waals surface area contributed by atoms with Crippen molar-refractivity contribution in [3.63, 3.8) is 0 Å². The molecule has 0 aliphatic heterocycles. The van der Waals surface area contributed by atoms with Crippen LogP contribution in [0.1, 0.15) is 26.3 Å². The Balaban J connectivity index is 3.04. The second kappa shape index (κ2) is 5.99. The summed E-state index contributed by atoms with van der Waals surface area (Å²) in [4.78, 5) is 2.49. The maximum atomic E-state index is 9.92. The van der Waals surface area contributed by atoms with Crippen molar-refractivity contribution >= 4 is 38.8 Å². The summed E-state index contributed by atoms with van der Waals surface area (Å²) < 4.78 is 0.930. The molecule has 0 unspecified atom stereocenters. The predicted molar refractivity (Wildman–Crippen MR) is 84.2 cm³/mol. The van der Waals surface area contributed by atoms with Crippen molar-refractivity contribution in [3.8, 4) is 0 Å². The normalized spacial score (nSPS) is 11.4. The van der Waals surface area contributed by atoms with Crippen LogP contribution in [0.2, 0.25) is 0 Å². The molecule has 0 saturated heterocycles. The summed E-state index contributed by atoms with van der Waals surface area (Å²) in [5.74, 6) is 0. The Labute approximate surface area is 122 Å². The van der Waals surface area contributed by atoms with Gasteiger partial charge in [-0.1, -0.05) is 12.2 Å². The number of thiocarbonyl (C=S) groups is 1. The van der Waals surface area contributed by atoms with E-state index in [0.717, 1.165) is 22.3 Å². The summed E-state index contributed by atoms with van der Waals surface area (Å²) in [5, 5.41) is 9.92. The van der Waals surface area contributed by atoms with E-state index in [1.165, 1.54) is 0 Å². The van der Waals surface area contributed by atoms with Crippen molar-refractivity contribution in [2.75, 3.05) is 18.0 Å². The van der Waals surface area contributed by atoms with Crippen LogP contribution in [0, 0.1) is 0 Å². The molecule has 0 radical (unpaired) electrons. The fourth-order valence-electron chi connectivity index (χ4n) is 1.75. The van der Waals surface area contributed by atoms with Crippen LogP contribution < -0.4 is 10.6 Å². The fraction of sp³-hybridized carbons (Fsp3) is 0.462. The smallest absolute Gasteiger partial charge is 0.104 e. The predicted octanol–water partition coefficient (Wildman–Crippen LogP) is 2.68. The summed E-state index contributed by atoms with van der Waals surface area (Å²) in [6.07, 6.45) is 0. The average molecular weight is 331 g/mol. The minimum atomic E-state index is -0.739. The molecule has 0 aliphatic rings. The third-order valence-corrected chi connectivity index (χ3v) is 3.40. The molecule has 3 N–H and O–H groups in total. The first-order valence-electron chi connectivity index (χ1n) is 5.81. The molecule has 5 heteroatoms. The Hall–Kier alpha value is -0.650. The van der Waals surface area contributed by atoms with Crippen LogP contribution in [0.25, 0.3) is 0 Å². The molecule has 1 aromatic rings. The van der Waals surface area contributed by atoms with Gasteiger partial charge in [-0.25, -0.2) is 0 Å². The zero-order valence-corrected chi connectivity index (χ0v) is 13.3. The Bertz CT molecular complexity index is 443. The lowest BCUT2D eigenvalue weighted by Crippen LogP contribution is -2.38. The Morgan fingerprint density at radius 2 is 2.11 bits per heavy atom. The van der Waals surface area contributed by atoms with E-state index >= 15 is 0 Å². The van der Waals surface area contributed by atoms with Gasteiger partial charge in [0.1, 0.15) is 4.99 Å². The number of benzene rings is 1. The van der Waals surface area contributed by atoms with Gasteiger partial charge in [0, 0.05) is 23.1 Å². The lowest BCUT2D eigenvalue weighted by molar-refractivity contribution is 0.0875. The van der Waals surface area contributed by atoms with Gasteiger partial charge in [-0.3, -0.25) is 0 Å². The molecular formula is C13H19BrN2OS. The SMILES string of the molecule is CCN(CC(C)(C)O)c1ccc(C(N)=S)cc1Br. The standard InChI is InChI=1S/C13H19BrN2OS/c1-4-16(8-13(2,3)17)11-6-5-9(12(15)18)7-10(11)14/h5-7,17H,4,8H2,1-3H3,(H2,15,18). The van der Waals surface area contributed by atoms with Crippen LogP contribution >= 0.6 is 28.1 Å². The van der Waals surface area contributed by atoms with Crippen LogP contribution in [-0.2, 0) is 0 Å². The van der Waals surface area contributed by atoms with E-state index in [4.69, 9.17) is 18.0 Å². The maximum absolute atomic E-state index is 9.92. The maximum Gasteiger partial charge on any atom is 0.104 e. The first-order chi connectivity index (χ1) is 8.24. The summed E-state index contributed by atoms with van der Waals surface area (Å²) in [6, 6.07) is 5.77. The largest absolute Gasteiger partial charge is 0.389 e. The summed E-state index contributed by atoms with van der Waals surface area (Å²) in [6.45, 7) is 7.03. The summed E-state index contributed by atoms with van der Waals surface area (Å²) in [5.41, 5.74) is 6.72. The van der Waals surface area contributed by atoms with E-state index in [2.05, 4.69) is 27.8 Å². The molecule has 0 saturated carbocycles. The summed E-state index contributed by atoms with van der Waals surface area (Å²) in [7, 11) is 0. The van der Waals surface area contributed by atoms with Gasteiger partial charge in [0.25, 0.3) is 0 Å². The van der Waals surface area contributed by atoms with E-state index in [-0.39, 0.29) is 0 Å².